The Kier molecular flexibility index (Phi) is 8.44. The Morgan fingerprint density at radius 1 is 1.19 bits per heavy atom. The van der Waals surface area contributed by atoms with E-state index in [4.69, 9.17) is 9.73 Å². The fourth-order valence-corrected chi connectivity index (χ4v) is 3.38. The highest BCUT2D eigenvalue weighted by molar-refractivity contribution is 7.09. The second-order valence-corrected chi connectivity index (χ2v) is 7.26. The minimum Gasteiger partial charge on any atom is -0.497 e. The van der Waals surface area contributed by atoms with Gasteiger partial charge >= 0.3 is 0 Å². The lowest BCUT2D eigenvalue weighted by Gasteiger charge is -2.24. The molecule has 0 saturated carbocycles. The Hall–Kier alpha value is -2.05. The average molecular weight is 375 g/mol. The molecule has 0 spiro atoms. The first-order valence-corrected chi connectivity index (χ1v) is 9.87. The average Bonchev–Trinajstić information content (AvgIpc) is 3.15. The summed E-state index contributed by atoms with van der Waals surface area (Å²) in [4.78, 5) is 8.38. The number of guanidine groups is 1. The maximum Gasteiger partial charge on any atom is 0.191 e. The van der Waals surface area contributed by atoms with Crippen LogP contribution in [-0.4, -0.2) is 51.7 Å². The molecule has 0 aliphatic rings. The van der Waals surface area contributed by atoms with Gasteiger partial charge in [-0.15, -0.1) is 11.3 Å². The molecule has 2 N–H and O–H groups in total. The summed E-state index contributed by atoms with van der Waals surface area (Å²) in [5.74, 6) is 1.74. The third kappa shape index (κ3) is 6.35. The number of aliphatic imine (C=N–C) groups is 1. The Bertz CT molecular complexity index is 653. The number of thiophene rings is 1. The first-order chi connectivity index (χ1) is 12.6. The van der Waals surface area contributed by atoms with Crippen molar-refractivity contribution in [2.45, 2.75) is 19.4 Å². The van der Waals surface area contributed by atoms with Gasteiger partial charge in [0, 0.05) is 18.0 Å². The molecule has 6 heteroatoms. The Morgan fingerprint density at radius 2 is 1.96 bits per heavy atom. The number of benzene rings is 1. The van der Waals surface area contributed by atoms with Crippen LogP contribution in [0.3, 0.4) is 0 Å². The highest BCUT2D eigenvalue weighted by Crippen LogP contribution is 2.21. The highest BCUT2D eigenvalue weighted by Gasteiger charge is 2.14. The number of nitrogens with zero attached hydrogens (tertiary/aromatic N) is 2. The molecule has 0 bridgehead atoms. The van der Waals surface area contributed by atoms with E-state index in [1.807, 2.05) is 12.1 Å². The van der Waals surface area contributed by atoms with Gasteiger partial charge in [0.25, 0.3) is 0 Å². The molecule has 142 valence electrons. The standard InChI is InChI=1S/C20H30N4OS/c1-5-21-20(22-13-12-18-7-6-14-26-18)23-15-19(24(2)3)16-8-10-17(25-4)11-9-16/h6-11,14,19H,5,12-13,15H2,1-4H3,(H2,21,22,23). The molecule has 1 unspecified atom stereocenters. The number of methoxy groups -OCH3 is 1. The molecule has 0 aliphatic heterocycles. The van der Waals surface area contributed by atoms with Gasteiger partial charge in [0.2, 0.25) is 0 Å². The van der Waals surface area contributed by atoms with Gasteiger partial charge < -0.3 is 20.3 Å². The minimum atomic E-state index is 0.216. The number of hydrogen-bond donors (Lipinski definition) is 2. The lowest BCUT2D eigenvalue weighted by molar-refractivity contribution is 0.306. The maximum absolute atomic E-state index is 5.25. The number of rotatable bonds is 9. The van der Waals surface area contributed by atoms with E-state index in [1.54, 1.807) is 18.4 Å². The van der Waals surface area contributed by atoms with Gasteiger partial charge in [-0.05, 0) is 56.6 Å². The molecule has 2 rings (SSSR count). The minimum absolute atomic E-state index is 0.216. The van der Waals surface area contributed by atoms with Gasteiger partial charge in [-0.1, -0.05) is 18.2 Å². The van der Waals surface area contributed by atoms with Crippen LogP contribution >= 0.6 is 11.3 Å². The molecule has 5 nitrogen and oxygen atoms in total. The topological polar surface area (TPSA) is 48.9 Å². The van der Waals surface area contributed by atoms with Crippen LogP contribution in [0.1, 0.15) is 23.4 Å². The summed E-state index contributed by atoms with van der Waals surface area (Å²) in [6.45, 7) is 4.50. The predicted octanol–water partition coefficient (Wildman–Crippen LogP) is 3.16. The number of likely N-dealkylation sites (N-methyl/N-ethyl adjacent to an activating group) is 1. The molecule has 26 heavy (non-hydrogen) atoms. The number of ether oxygens (including phenoxy) is 1. The molecule has 0 fully saturated rings. The third-order valence-corrected chi connectivity index (χ3v) is 5.07. The fraction of sp³-hybridized carbons (Fsp3) is 0.450. The normalized spacial score (nSPS) is 12.9. The van der Waals surface area contributed by atoms with Crippen molar-refractivity contribution in [3.05, 3.63) is 52.2 Å². The Morgan fingerprint density at radius 3 is 2.54 bits per heavy atom. The zero-order valence-corrected chi connectivity index (χ0v) is 17.0. The van der Waals surface area contributed by atoms with Crippen LogP contribution in [-0.2, 0) is 6.42 Å². The SMILES string of the molecule is CCNC(=NCC(c1ccc(OC)cc1)N(C)C)NCCc1cccs1. The fourth-order valence-electron chi connectivity index (χ4n) is 2.67. The lowest BCUT2D eigenvalue weighted by atomic mass is 10.1. The Balaban J connectivity index is 1.98. The first kappa shape index (κ1) is 20.3. The first-order valence-electron chi connectivity index (χ1n) is 8.99. The van der Waals surface area contributed by atoms with Gasteiger partial charge in [-0.25, -0.2) is 0 Å². The summed E-state index contributed by atoms with van der Waals surface area (Å²) in [5, 5.41) is 8.88. The summed E-state index contributed by atoms with van der Waals surface area (Å²) in [6.07, 6.45) is 1.01. The quantitative estimate of drug-likeness (QED) is 0.523. The van der Waals surface area contributed by atoms with E-state index in [0.717, 1.165) is 31.2 Å². The molecule has 0 amide bonds. The van der Waals surface area contributed by atoms with Crippen molar-refractivity contribution in [2.24, 2.45) is 4.99 Å². The summed E-state index contributed by atoms with van der Waals surface area (Å²) in [7, 11) is 5.86. The van der Waals surface area contributed by atoms with E-state index >= 15 is 0 Å². The van der Waals surface area contributed by atoms with Crippen molar-refractivity contribution in [1.82, 2.24) is 15.5 Å². The van der Waals surface area contributed by atoms with Crippen LogP contribution in [0, 0.1) is 0 Å². The van der Waals surface area contributed by atoms with Gasteiger partial charge in [-0.2, -0.15) is 0 Å². The lowest BCUT2D eigenvalue weighted by Crippen LogP contribution is -2.39. The molecule has 0 aliphatic carbocycles. The summed E-state index contributed by atoms with van der Waals surface area (Å²) >= 11 is 1.79. The maximum atomic E-state index is 5.25. The molecule has 1 atom stereocenters. The zero-order chi connectivity index (χ0) is 18.8. The number of nitrogens with one attached hydrogen (secondary N) is 2. The highest BCUT2D eigenvalue weighted by atomic mass is 32.1. The number of hydrogen-bond acceptors (Lipinski definition) is 4. The van der Waals surface area contributed by atoms with E-state index in [2.05, 4.69) is 66.2 Å². The van der Waals surface area contributed by atoms with Crippen LogP contribution in [0.5, 0.6) is 5.75 Å². The van der Waals surface area contributed by atoms with E-state index < -0.39 is 0 Å². The third-order valence-electron chi connectivity index (χ3n) is 4.13. The van der Waals surface area contributed by atoms with Crippen molar-refractivity contribution < 1.29 is 4.74 Å². The van der Waals surface area contributed by atoms with E-state index in [-0.39, 0.29) is 6.04 Å². The van der Waals surface area contributed by atoms with Crippen molar-refractivity contribution in [1.29, 1.82) is 0 Å². The van der Waals surface area contributed by atoms with Crippen LogP contribution in [0.15, 0.2) is 46.8 Å². The summed E-state index contributed by atoms with van der Waals surface area (Å²) < 4.78 is 5.25. The van der Waals surface area contributed by atoms with E-state index in [1.165, 1.54) is 10.4 Å². The second kappa shape index (κ2) is 10.8. The van der Waals surface area contributed by atoms with Crippen LogP contribution in [0.2, 0.25) is 0 Å². The second-order valence-electron chi connectivity index (χ2n) is 6.23. The van der Waals surface area contributed by atoms with Crippen LogP contribution < -0.4 is 15.4 Å². The van der Waals surface area contributed by atoms with Crippen LogP contribution in [0.25, 0.3) is 0 Å². The summed E-state index contributed by atoms with van der Waals surface area (Å²) in [5.41, 5.74) is 1.23. The molecule has 2 aromatic rings. The summed E-state index contributed by atoms with van der Waals surface area (Å²) in [6, 6.07) is 12.7. The van der Waals surface area contributed by atoms with Crippen molar-refractivity contribution in [2.75, 3.05) is 40.8 Å². The van der Waals surface area contributed by atoms with Gasteiger partial charge in [0.15, 0.2) is 5.96 Å². The molecule has 1 aromatic heterocycles. The molecule has 0 saturated heterocycles. The van der Waals surface area contributed by atoms with E-state index in [0.29, 0.717) is 6.54 Å². The van der Waals surface area contributed by atoms with Crippen LogP contribution in [0.4, 0.5) is 0 Å². The smallest absolute Gasteiger partial charge is 0.191 e. The molecule has 1 aromatic carbocycles. The van der Waals surface area contributed by atoms with Gasteiger partial charge in [-0.3, -0.25) is 4.99 Å². The zero-order valence-electron chi connectivity index (χ0n) is 16.2. The molecular formula is C20H30N4OS. The molecular weight excluding hydrogens is 344 g/mol. The Labute approximate surface area is 161 Å². The van der Waals surface area contributed by atoms with Gasteiger partial charge in [0.1, 0.15) is 5.75 Å². The molecule has 0 radical (unpaired) electrons. The monoisotopic (exact) mass is 374 g/mol. The van der Waals surface area contributed by atoms with E-state index in [9.17, 15) is 0 Å². The van der Waals surface area contributed by atoms with Crippen molar-refractivity contribution in [3.63, 3.8) is 0 Å². The van der Waals surface area contributed by atoms with Crippen molar-refractivity contribution >= 4 is 17.3 Å². The largest absolute Gasteiger partial charge is 0.497 e. The molecule has 1 heterocycles. The predicted molar refractivity (Wildman–Crippen MR) is 111 cm³/mol. The van der Waals surface area contributed by atoms with Gasteiger partial charge in [0.05, 0.1) is 19.7 Å². The van der Waals surface area contributed by atoms with Crippen molar-refractivity contribution in [3.8, 4) is 5.75 Å².